The number of aromatic nitrogens is 1. The number of benzene rings is 3. The zero-order chi connectivity index (χ0) is 20.9. The van der Waals surface area contributed by atoms with E-state index < -0.39 is 0 Å². The van der Waals surface area contributed by atoms with Crippen LogP contribution in [0.15, 0.2) is 77.9 Å². The molecule has 4 nitrogen and oxygen atoms in total. The molecule has 4 rings (SSSR count). The molecule has 30 heavy (non-hydrogen) atoms. The fourth-order valence-electron chi connectivity index (χ4n) is 3.69. The molecule has 0 radical (unpaired) electrons. The SMILES string of the molecule is COc1ccccc1CN/N=C/c1c(C)n(Cc2ccc(F)cc2)c2ccccc12. The quantitative estimate of drug-likeness (QED) is 0.338. The van der Waals surface area contributed by atoms with Gasteiger partial charge in [-0.3, -0.25) is 0 Å². The minimum atomic E-state index is -0.221. The van der Waals surface area contributed by atoms with Crippen LogP contribution in [0.4, 0.5) is 4.39 Å². The molecule has 0 aliphatic carbocycles. The predicted molar refractivity (Wildman–Crippen MR) is 120 cm³/mol. The highest BCUT2D eigenvalue weighted by Gasteiger charge is 2.12. The Kier molecular flexibility index (Phi) is 5.80. The standard InChI is InChI=1S/C25H24FN3O/c1-18-23(16-28-27-15-20-7-3-6-10-25(20)30-2)22-8-4-5-9-24(22)29(18)17-19-11-13-21(26)14-12-19/h3-14,16,27H,15,17H2,1-2H3/b28-16+. The second-order valence-corrected chi connectivity index (χ2v) is 7.13. The molecule has 0 saturated heterocycles. The topological polar surface area (TPSA) is 38.5 Å². The van der Waals surface area contributed by atoms with Crippen molar-refractivity contribution < 1.29 is 9.13 Å². The van der Waals surface area contributed by atoms with Gasteiger partial charge in [-0.2, -0.15) is 5.10 Å². The minimum absolute atomic E-state index is 0.221. The van der Waals surface area contributed by atoms with E-state index in [1.165, 1.54) is 12.1 Å². The zero-order valence-electron chi connectivity index (χ0n) is 17.1. The van der Waals surface area contributed by atoms with E-state index in [4.69, 9.17) is 4.74 Å². The summed E-state index contributed by atoms with van der Waals surface area (Å²) in [5, 5.41) is 5.60. The summed E-state index contributed by atoms with van der Waals surface area (Å²) in [6.07, 6.45) is 1.87. The molecule has 3 aromatic carbocycles. The van der Waals surface area contributed by atoms with Gasteiger partial charge in [-0.15, -0.1) is 0 Å². The largest absolute Gasteiger partial charge is 0.496 e. The molecule has 0 spiro atoms. The summed E-state index contributed by atoms with van der Waals surface area (Å²) >= 11 is 0. The van der Waals surface area contributed by atoms with Crippen LogP contribution in [0, 0.1) is 12.7 Å². The van der Waals surface area contributed by atoms with Crippen molar-refractivity contribution >= 4 is 17.1 Å². The van der Waals surface area contributed by atoms with Crippen LogP contribution >= 0.6 is 0 Å². The molecule has 5 heteroatoms. The molecule has 1 heterocycles. The first-order valence-corrected chi connectivity index (χ1v) is 9.87. The van der Waals surface area contributed by atoms with E-state index in [-0.39, 0.29) is 5.82 Å². The Bertz CT molecular complexity index is 1180. The Labute approximate surface area is 175 Å². The summed E-state index contributed by atoms with van der Waals surface area (Å²) in [6.45, 7) is 3.34. The third-order valence-electron chi connectivity index (χ3n) is 5.28. The van der Waals surface area contributed by atoms with E-state index in [1.54, 1.807) is 7.11 Å². The average molecular weight is 401 g/mol. The highest BCUT2D eigenvalue weighted by atomic mass is 19.1. The lowest BCUT2D eigenvalue weighted by molar-refractivity contribution is 0.408. The molecule has 0 aliphatic rings. The third-order valence-corrected chi connectivity index (χ3v) is 5.28. The second-order valence-electron chi connectivity index (χ2n) is 7.13. The Morgan fingerprint density at radius 3 is 2.53 bits per heavy atom. The first-order chi connectivity index (χ1) is 14.7. The van der Waals surface area contributed by atoms with Crippen LogP contribution in [-0.4, -0.2) is 17.9 Å². The highest BCUT2D eigenvalue weighted by Crippen LogP contribution is 2.25. The summed E-state index contributed by atoms with van der Waals surface area (Å²) in [5.41, 5.74) is 8.54. The smallest absolute Gasteiger partial charge is 0.123 e. The Hall–Kier alpha value is -3.60. The summed E-state index contributed by atoms with van der Waals surface area (Å²) < 4.78 is 20.9. The lowest BCUT2D eigenvalue weighted by Gasteiger charge is -2.09. The minimum Gasteiger partial charge on any atom is -0.496 e. The van der Waals surface area contributed by atoms with Gasteiger partial charge in [0, 0.05) is 34.3 Å². The number of methoxy groups -OCH3 is 1. The maximum Gasteiger partial charge on any atom is 0.123 e. The monoisotopic (exact) mass is 401 g/mol. The van der Waals surface area contributed by atoms with Crippen LogP contribution in [0.5, 0.6) is 5.75 Å². The van der Waals surface area contributed by atoms with Gasteiger partial charge < -0.3 is 14.7 Å². The molecular weight excluding hydrogens is 377 g/mol. The van der Waals surface area contributed by atoms with Gasteiger partial charge in [0.1, 0.15) is 11.6 Å². The molecule has 0 amide bonds. The number of fused-ring (bicyclic) bond motifs is 1. The van der Waals surface area contributed by atoms with Crippen LogP contribution in [0.1, 0.15) is 22.4 Å². The van der Waals surface area contributed by atoms with Gasteiger partial charge in [-0.05, 0) is 36.8 Å². The lowest BCUT2D eigenvalue weighted by atomic mass is 10.1. The third kappa shape index (κ3) is 4.06. The van der Waals surface area contributed by atoms with Crippen molar-refractivity contribution in [3.8, 4) is 5.75 Å². The number of para-hydroxylation sites is 2. The molecule has 0 saturated carbocycles. The van der Waals surface area contributed by atoms with Crippen LogP contribution < -0.4 is 10.2 Å². The Morgan fingerprint density at radius 2 is 1.73 bits per heavy atom. The van der Waals surface area contributed by atoms with Gasteiger partial charge in [0.25, 0.3) is 0 Å². The average Bonchev–Trinajstić information content (AvgIpc) is 3.04. The molecule has 1 N–H and O–H groups in total. The van der Waals surface area contributed by atoms with Gasteiger partial charge in [-0.1, -0.05) is 48.5 Å². The van der Waals surface area contributed by atoms with E-state index >= 15 is 0 Å². The molecule has 152 valence electrons. The van der Waals surface area contributed by atoms with Crippen LogP contribution in [0.25, 0.3) is 10.9 Å². The van der Waals surface area contributed by atoms with E-state index in [0.29, 0.717) is 13.1 Å². The highest BCUT2D eigenvalue weighted by molar-refractivity contribution is 6.01. The first-order valence-electron chi connectivity index (χ1n) is 9.87. The summed E-state index contributed by atoms with van der Waals surface area (Å²) in [4.78, 5) is 0. The fourth-order valence-corrected chi connectivity index (χ4v) is 3.69. The number of hydrogen-bond acceptors (Lipinski definition) is 3. The maximum absolute atomic E-state index is 13.3. The van der Waals surface area contributed by atoms with E-state index in [2.05, 4.69) is 34.2 Å². The number of nitrogens with one attached hydrogen (secondary N) is 1. The predicted octanol–water partition coefficient (Wildman–Crippen LogP) is 5.27. The van der Waals surface area contributed by atoms with Crippen molar-refractivity contribution in [2.24, 2.45) is 5.10 Å². The molecule has 0 unspecified atom stereocenters. The molecule has 4 aromatic rings. The summed E-state index contributed by atoms with van der Waals surface area (Å²) in [6, 6.07) is 22.8. The number of hydrogen-bond donors (Lipinski definition) is 1. The lowest BCUT2D eigenvalue weighted by Crippen LogP contribution is -2.07. The number of ether oxygens (including phenoxy) is 1. The molecule has 0 atom stereocenters. The Balaban J connectivity index is 1.59. The van der Waals surface area contributed by atoms with Gasteiger partial charge in [0.05, 0.1) is 19.9 Å². The van der Waals surface area contributed by atoms with E-state index in [1.807, 2.05) is 54.7 Å². The first kappa shape index (κ1) is 19.7. The van der Waals surface area contributed by atoms with Gasteiger partial charge in [0.2, 0.25) is 0 Å². The second kappa shape index (κ2) is 8.82. The van der Waals surface area contributed by atoms with Gasteiger partial charge in [-0.25, -0.2) is 4.39 Å². The van der Waals surface area contributed by atoms with E-state index in [0.717, 1.165) is 39.0 Å². The van der Waals surface area contributed by atoms with Crippen molar-refractivity contribution in [1.82, 2.24) is 9.99 Å². The van der Waals surface area contributed by atoms with Crippen LogP contribution in [0.3, 0.4) is 0 Å². The number of nitrogens with zero attached hydrogens (tertiary/aromatic N) is 2. The number of rotatable bonds is 7. The normalized spacial score (nSPS) is 11.3. The van der Waals surface area contributed by atoms with Crippen molar-refractivity contribution in [2.75, 3.05) is 7.11 Å². The number of hydrazone groups is 1. The van der Waals surface area contributed by atoms with Gasteiger partial charge in [0.15, 0.2) is 0 Å². The Morgan fingerprint density at radius 1 is 1.00 bits per heavy atom. The summed E-state index contributed by atoms with van der Waals surface area (Å²) in [5.74, 6) is 0.620. The number of halogens is 1. The van der Waals surface area contributed by atoms with Crippen molar-refractivity contribution in [1.29, 1.82) is 0 Å². The van der Waals surface area contributed by atoms with Crippen LogP contribution in [-0.2, 0) is 13.1 Å². The van der Waals surface area contributed by atoms with Crippen molar-refractivity contribution in [3.63, 3.8) is 0 Å². The molecule has 0 fully saturated rings. The molecule has 0 aliphatic heterocycles. The molecule has 0 bridgehead atoms. The zero-order valence-corrected chi connectivity index (χ0v) is 17.1. The maximum atomic E-state index is 13.3. The van der Waals surface area contributed by atoms with Crippen molar-refractivity contribution in [2.45, 2.75) is 20.0 Å². The fraction of sp³-hybridized carbons (Fsp3) is 0.160. The van der Waals surface area contributed by atoms with Gasteiger partial charge >= 0.3 is 0 Å². The van der Waals surface area contributed by atoms with Crippen LogP contribution in [0.2, 0.25) is 0 Å². The molecule has 1 aromatic heterocycles. The molecular formula is C25H24FN3O. The summed E-state index contributed by atoms with van der Waals surface area (Å²) in [7, 11) is 1.67. The van der Waals surface area contributed by atoms with E-state index in [9.17, 15) is 4.39 Å². The van der Waals surface area contributed by atoms with Crippen molar-refractivity contribution in [3.05, 3.63) is 101 Å².